The van der Waals surface area contributed by atoms with Gasteiger partial charge in [-0.1, -0.05) is 41.9 Å². The van der Waals surface area contributed by atoms with Crippen molar-refractivity contribution in [2.45, 2.75) is 12.0 Å². The van der Waals surface area contributed by atoms with Crippen LogP contribution in [-0.4, -0.2) is 37.0 Å². The van der Waals surface area contributed by atoms with Crippen molar-refractivity contribution in [3.05, 3.63) is 70.7 Å². The minimum Gasteiger partial charge on any atom is -0.336 e. The minimum atomic E-state index is 0.0947. The first-order valence-corrected chi connectivity index (χ1v) is 7.84. The molecule has 3 rings (SSSR count). The minimum absolute atomic E-state index is 0.0947. The van der Waals surface area contributed by atoms with Gasteiger partial charge in [-0.2, -0.15) is 0 Å². The van der Waals surface area contributed by atoms with Gasteiger partial charge < -0.3 is 10.2 Å². The molecule has 0 saturated carbocycles. The van der Waals surface area contributed by atoms with E-state index in [4.69, 9.17) is 11.6 Å². The number of likely N-dealkylation sites (tertiary alicyclic amines) is 1. The van der Waals surface area contributed by atoms with E-state index in [1.165, 1.54) is 5.56 Å². The molecule has 1 saturated heterocycles. The molecule has 0 radical (unpaired) electrons. The Labute approximate surface area is 135 Å². The van der Waals surface area contributed by atoms with E-state index in [0.29, 0.717) is 0 Å². The molecule has 1 aliphatic rings. The van der Waals surface area contributed by atoms with Gasteiger partial charge in [0.15, 0.2) is 0 Å². The van der Waals surface area contributed by atoms with Gasteiger partial charge >= 0.3 is 0 Å². The second-order valence-electron chi connectivity index (χ2n) is 5.63. The summed E-state index contributed by atoms with van der Waals surface area (Å²) in [7, 11) is 1.95. The Morgan fingerprint density at radius 3 is 2.41 bits per heavy atom. The molecule has 0 aliphatic carbocycles. The van der Waals surface area contributed by atoms with Gasteiger partial charge in [-0.25, -0.2) is 0 Å². The lowest BCUT2D eigenvalue weighted by Crippen LogP contribution is -2.34. The van der Waals surface area contributed by atoms with Crippen molar-refractivity contribution in [3.8, 4) is 0 Å². The zero-order valence-electron chi connectivity index (χ0n) is 12.5. The molecule has 2 aromatic rings. The number of amides is 1. The Morgan fingerprint density at radius 1 is 1.09 bits per heavy atom. The molecule has 2 aromatic carbocycles. The van der Waals surface area contributed by atoms with E-state index in [-0.39, 0.29) is 17.9 Å². The maximum Gasteiger partial charge on any atom is 0.253 e. The average molecular weight is 315 g/mol. The van der Waals surface area contributed by atoms with Crippen LogP contribution in [0.5, 0.6) is 0 Å². The van der Waals surface area contributed by atoms with Gasteiger partial charge in [0.05, 0.1) is 0 Å². The van der Waals surface area contributed by atoms with Crippen molar-refractivity contribution >= 4 is 17.5 Å². The van der Waals surface area contributed by atoms with E-state index < -0.39 is 0 Å². The molecule has 3 nitrogen and oxygen atoms in total. The van der Waals surface area contributed by atoms with Crippen LogP contribution in [0, 0.1) is 0 Å². The van der Waals surface area contributed by atoms with Gasteiger partial charge in [0.2, 0.25) is 0 Å². The van der Waals surface area contributed by atoms with Crippen LogP contribution >= 0.6 is 11.6 Å². The SMILES string of the molecule is CN[C@H]1CN(C(=O)c2ccccc2)C[C@@H]1c1ccc(Cl)cc1. The summed E-state index contributed by atoms with van der Waals surface area (Å²) in [5, 5.41) is 4.07. The van der Waals surface area contributed by atoms with Gasteiger partial charge in [-0.3, -0.25) is 4.79 Å². The normalized spacial score (nSPS) is 21.1. The maximum atomic E-state index is 12.6. The van der Waals surface area contributed by atoms with Crippen molar-refractivity contribution < 1.29 is 4.79 Å². The van der Waals surface area contributed by atoms with E-state index >= 15 is 0 Å². The van der Waals surface area contributed by atoms with E-state index in [2.05, 4.69) is 5.32 Å². The molecule has 0 unspecified atom stereocenters. The number of halogens is 1. The molecule has 2 atom stereocenters. The first kappa shape index (κ1) is 15.1. The Bertz CT molecular complexity index is 642. The summed E-state index contributed by atoms with van der Waals surface area (Å²) in [6.45, 7) is 1.44. The fraction of sp³-hybridized carbons (Fsp3) is 0.278. The van der Waals surface area contributed by atoms with E-state index in [9.17, 15) is 4.79 Å². The van der Waals surface area contributed by atoms with Crippen LogP contribution in [0.1, 0.15) is 21.8 Å². The topological polar surface area (TPSA) is 32.3 Å². The van der Waals surface area contributed by atoms with Gasteiger partial charge in [-0.15, -0.1) is 0 Å². The Hall–Kier alpha value is -1.84. The van der Waals surface area contributed by atoms with Crippen LogP contribution in [0.15, 0.2) is 54.6 Å². The molecule has 1 aliphatic heterocycles. The Morgan fingerprint density at radius 2 is 1.77 bits per heavy atom. The number of hydrogen-bond donors (Lipinski definition) is 1. The van der Waals surface area contributed by atoms with Crippen LogP contribution in [0.4, 0.5) is 0 Å². The number of rotatable bonds is 3. The highest BCUT2D eigenvalue weighted by atomic mass is 35.5. The van der Waals surface area contributed by atoms with Gasteiger partial charge in [0, 0.05) is 35.6 Å². The van der Waals surface area contributed by atoms with E-state index in [0.717, 1.165) is 23.7 Å². The lowest BCUT2D eigenvalue weighted by molar-refractivity contribution is 0.0788. The Balaban J connectivity index is 1.80. The van der Waals surface area contributed by atoms with Crippen LogP contribution in [0.2, 0.25) is 5.02 Å². The number of hydrogen-bond acceptors (Lipinski definition) is 2. The summed E-state index contributed by atoms with van der Waals surface area (Å²) in [5.41, 5.74) is 1.96. The third-order valence-corrected chi connectivity index (χ3v) is 4.55. The number of carbonyl (C=O) groups is 1. The molecule has 1 fully saturated rings. The zero-order chi connectivity index (χ0) is 15.5. The number of benzene rings is 2. The first-order chi connectivity index (χ1) is 10.7. The Kier molecular flexibility index (Phi) is 4.46. The lowest BCUT2D eigenvalue weighted by Gasteiger charge is -2.17. The number of likely N-dealkylation sites (N-methyl/N-ethyl adjacent to an activating group) is 1. The highest BCUT2D eigenvalue weighted by Gasteiger charge is 2.35. The second-order valence-corrected chi connectivity index (χ2v) is 6.07. The van der Waals surface area contributed by atoms with Crippen molar-refractivity contribution in [3.63, 3.8) is 0 Å². The maximum absolute atomic E-state index is 12.6. The van der Waals surface area contributed by atoms with Crippen LogP contribution in [0.25, 0.3) is 0 Å². The predicted molar refractivity (Wildman–Crippen MR) is 89.4 cm³/mol. The molecule has 1 amide bonds. The molecule has 1 N–H and O–H groups in total. The number of nitrogens with one attached hydrogen (secondary N) is 1. The molecular weight excluding hydrogens is 296 g/mol. The lowest BCUT2D eigenvalue weighted by atomic mass is 9.94. The quantitative estimate of drug-likeness (QED) is 0.944. The second kappa shape index (κ2) is 6.51. The summed E-state index contributed by atoms with van der Waals surface area (Å²) in [6, 6.07) is 17.6. The molecule has 0 spiro atoms. The van der Waals surface area contributed by atoms with E-state index in [1.54, 1.807) is 0 Å². The first-order valence-electron chi connectivity index (χ1n) is 7.46. The summed E-state index contributed by atoms with van der Waals surface area (Å²) >= 11 is 5.97. The molecule has 4 heteroatoms. The molecule has 0 bridgehead atoms. The highest BCUT2D eigenvalue weighted by Crippen LogP contribution is 2.29. The summed E-state index contributed by atoms with van der Waals surface area (Å²) in [4.78, 5) is 14.5. The van der Waals surface area contributed by atoms with Crippen molar-refractivity contribution in [2.75, 3.05) is 20.1 Å². The summed E-state index contributed by atoms with van der Waals surface area (Å²) in [6.07, 6.45) is 0. The van der Waals surface area contributed by atoms with E-state index in [1.807, 2.05) is 66.5 Å². The van der Waals surface area contributed by atoms with Crippen LogP contribution in [-0.2, 0) is 0 Å². The smallest absolute Gasteiger partial charge is 0.253 e. The molecule has 0 aromatic heterocycles. The number of carbonyl (C=O) groups excluding carboxylic acids is 1. The third kappa shape index (κ3) is 3.01. The van der Waals surface area contributed by atoms with Gasteiger partial charge in [0.25, 0.3) is 5.91 Å². The highest BCUT2D eigenvalue weighted by molar-refractivity contribution is 6.30. The largest absolute Gasteiger partial charge is 0.336 e. The monoisotopic (exact) mass is 314 g/mol. The third-order valence-electron chi connectivity index (χ3n) is 4.30. The fourth-order valence-corrected chi connectivity index (χ4v) is 3.20. The van der Waals surface area contributed by atoms with Crippen LogP contribution < -0.4 is 5.32 Å². The van der Waals surface area contributed by atoms with Crippen molar-refractivity contribution in [1.29, 1.82) is 0 Å². The van der Waals surface area contributed by atoms with Crippen molar-refractivity contribution in [2.24, 2.45) is 0 Å². The zero-order valence-corrected chi connectivity index (χ0v) is 13.3. The summed E-state index contributed by atoms with van der Waals surface area (Å²) < 4.78 is 0. The van der Waals surface area contributed by atoms with Gasteiger partial charge in [0.1, 0.15) is 0 Å². The molecule has 1 heterocycles. The number of nitrogens with zero attached hydrogens (tertiary/aromatic N) is 1. The fourth-order valence-electron chi connectivity index (χ4n) is 3.07. The standard InChI is InChI=1S/C18H19ClN2O/c1-20-17-12-21(18(22)14-5-3-2-4-6-14)11-16(17)13-7-9-15(19)10-8-13/h2-10,16-17,20H,11-12H2,1H3/t16-,17+/m1/s1. The molecule has 22 heavy (non-hydrogen) atoms. The average Bonchev–Trinajstić information content (AvgIpc) is 3.00. The molecule has 114 valence electrons. The van der Waals surface area contributed by atoms with Gasteiger partial charge in [-0.05, 0) is 36.9 Å². The summed E-state index contributed by atoms with van der Waals surface area (Å²) in [5.74, 6) is 0.382. The predicted octanol–water partition coefficient (Wildman–Crippen LogP) is 3.17. The van der Waals surface area contributed by atoms with Crippen LogP contribution in [0.3, 0.4) is 0 Å². The molecular formula is C18H19ClN2O. The van der Waals surface area contributed by atoms with Crippen molar-refractivity contribution in [1.82, 2.24) is 10.2 Å².